The van der Waals surface area contributed by atoms with Crippen molar-refractivity contribution in [1.82, 2.24) is 4.90 Å². The standard InChI is InChI=1S/C13H13NO5/c15-11-7-19-8-12(16)14(11)6-10(13(17)18)9-4-2-1-3-5-9/h1-5,10H,6-8H2,(H,17,18). The van der Waals surface area contributed by atoms with Gasteiger partial charge in [-0.2, -0.15) is 0 Å². The normalized spacial score (nSPS) is 17.4. The van der Waals surface area contributed by atoms with Crippen LogP contribution in [0.15, 0.2) is 30.3 Å². The second-order valence-corrected chi connectivity index (χ2v) is 4.19. The van der Waals surface area contributed by atoms with Crippen LogP contribution in [0.1, 0.15) is 11.5 Å². The molecule has 1 atom stereocenters. The van der Waals surface area contributed by atoms with Crippen molar-refractivity contribution in [2.45, 2.75) is 5.92 Å². The number of carbonyl (C=O) groups is 3. The lowest BCUT2D eigenvalue weighted by molar-refractivity contribution is -0.159. The molecule has 1 aromatic carbocycles. The second-order valence-electron chi connectivity index (χ2n) is 4.19. The Morgan fingerprint density at radius 2 is 1.79 bits per heavy atom. The zero-order valence-electron chi connectivity index (χ0n) is 10.1. The van der Waals surface area contributed by atoms with Gasteiger partial charge in [-0.1, -0.05) is 30.3 Å². The van der Waals surface area contributed by atoms with Crippen molar-refractivity contribution >= 4 is 17.8 Å². The molecule has 2 rings (SSSR count). The number of hydrogen-bond donors (Lipinski definition) is 1. The molecule has 0 aliphatic carbocycles. The fourth-order valence-corrected chi connectivity index (χ4v) is 1.92. The summed E-state index contributed by atoms with van der Waals surface area (Å²) in [5.74, 6) is -3.00. The third-order valence-corrected chi connectivity index (χ3v) is 2.92. The van der Waals surface area contributed by atoms with E-state index >= 15 is 0 Å². The highest BCUT2D eigenvalue weighted by molar-refractivity contribution is 5.98. The van der Waals surface area contributed by atoms with Gasteiger partial charge in [0, 0.05) is 6.54 Å². The molecule has 1 aliphatic rings. The van der Waals surface area contributed by atoms with E-state index in [0.29, 0.717) is 5.56 Å². The molecular weight excluding hydrogens is 250 g/mol. The van der Waals surface area contributed by atoms with E-state index in [4.69, 9.17) is 4.74 Å². The Hall–Kier alpha value is -2.21. The number of morpholine rings is 1. The average molecular weight is 263 g/mol. The van der Waals surface area contributed by atoms with Crippen LogP contribution in [0.25, 0.3) is 0 Å². The van der Waals surface area contributed by atoms with E-state index in [0.717, 1.165) is 4.90 Å². The summed E-state index contributed by atoms with van der Waals surface area (Å²) < 4.78 is 4.78. The largest absolute Gasteiger partial charge is 0.481 e. The van der Waals surface area contributed by atoms with Crippen LogP contribution in [0.2, 0.25) is 0 Å². The number of imide groups is 1. The molecule has 100 valence electrons. The number of carboxylic acid groups (broad SMARTS) is 1. The Balaban J connectivity index is 2.19. The first-order chi connectivity index (χ1) is 9.09. The number of amides is 2. The van der Waals surface area contributed by atoms with Gasteiger partial charge in [-0.3, -0.25) is 19.3 Å². The fraction of sp³-hybridized carbons (Fsp3) is 0.308. The Labute approximate surface area is 109 Å². The Bertz CT molecular complexity index is 483. The molecule has 6 nitrogen and oxygen atoms in total. The highest BCUT2D eigenvalue weighted by Gasteiger charge is 2.32. The maximum absolute atomic E-state index is 11.6. The molecule has 1 N–H and O–H groups in total. The van der Waals surface area contributed by atoms with Gasteiger partial charge in [-0.25, -0.2) is 0 Å². The lowest BCUT2D eigenvalue weighted by Gasteiger charge is -2.27. The molecule has 1 aliphatic heterocycles. The van der Waals surface area contributed by atoms with Gasteiger partial charge >= 0.3 is 5.97 Å². The molecule has 0 saturated carbocycles. The molecule has 6 heteroatoms. The molecule has 19 heavy (non-hydrogen) atoms. The molecule has 1 heterocycles. The van der Waals surface area contributed by atoms with Gasteiger partial charge < -0.3 is 9.84 Å². The first kappa shape index (κ1) is 13.2. The molecule has 1 fully saturated rings. The number of aliphatic carboxylic acids is 1. The Morgan fingerprint density at radius 3 is 2.32 bits per heavy atom. The molecule has 0 radical (unpaired) electrons. The van der Waals surface area contributed by atoms with E-state index in [1.165, 1.54) is 0 Å². The van der Waals surface area contributed by atoms with E-state index < -0.39 is 23.7 Å². The van der Waals surface area contributed by atoms with Gasteiger partial charge in [0.05, 0.1) is 5.92 Å². The third kappa shape index (κ3) is 2.97. The Morgan fingerprint density at radius 1 is 1.21 bits per heavy atom. The van der Waals surface area contributed by atoms with Crippen LogP contribution in [0, 0.1) is 0 Å². The van der Waals surface area contributed by atoms with Gasteiger partial charge in [0.2, 0.25) is 0 Å². The molecule has 1 unspecified atom stereocenters. The zero-order valence-corrected chi connectivity index (χ0v) is 10.1. The minimum Gasteiger partial charge on any atom is -0.481 e. The minimum absolute atomic E-state index is 0.166. The van der Waals surface area contributed by atoms with Gasteiger partial charge in [0.25, 0.3) is 11.8 Å². The summed E-state index contributed by atoms with van der Waals surface area (Å²) in [6, 6.07) is 8.53. The number of rotatable bonds is 4. The van der Waals surface area contributed by atoms with Gasteiger partial charge in [0.15, 0.2) is 0 Å². The van der Waals surface area contributed by atoms with Crippen molar-refractivity contribution in [1.29, 1.82) is 0 Å². The summed E-state index contributed by atoms with van der Waals surface area (Å²) in [6.45, 7) is -0.542. The highest BCUT2D eigenvalue weighted by atomic mass is 16.5. The zero-order chi connectivity index (χ0) is 13.8. The molecule has 1 saturated heterocycles. The lowest BCUT2D eigenvalue weighted by atomic mass is 9.98. The van der Waals surface area contributed by atoms with E-state index in [9.17, 15) is 19.5 Å². The predicted molar refractivity (Wildman–Crippen MR) is 64.4 cm³/mol. The summed E-state index contributed by atoms with van der Waals surface area (Å²) in [7, 11) is 0. The summed E-state index contributed by atoms with van der Waals surface area (Å²) in [5.41, 5.74) is 0.557. The number of benzene rings is 1. The van der Waals surface area contributed by atoms with Crippen molar-refractivity contribution in [3.63, 3.8) is 0 Å². The number of hydrogen-bond acceptors (Lipinski definition) is 4. The number of carbonyl (C=O) groups excluding carboxylic acids is 2. The summed E-state index contributed by atoms with van der Waals surface area (Å²) in [4.78, 5) is 35.4. The van der Waals surface area contributed by atoms with Crippen molar-refractivity contribution in [2.24, 2.45) is 0 Å². The van der Waals surface area contributed by atoms with E-state index in [1.54, 1.807) is 30.3 Å². The van der Waals surface area contributed by atoms with Crippen LogP contribution in [0.5, 0.6) is 0 Å². The van der Waals surface area contributed by atoms with Crippen LogP contribution < -0.4 is 0 Å². The molecular formula is C13H13NO5. The Kier molecular flexibility index (Phi) is 3.91. The lowest BCUT2D eigenvalue weighted by Crippen LogP contribution is -2.48. The predicted octanol–water partition coefficient (Wildman–Crippen LogP) is 0.240. The molecule has 0 aromatic heterocycles. The van der Waals surface area contributed by atoms with E-state index in [1.807, 2.05) is 0 Å². The van der Waals surface area contributed by atoms with Crippen LogP contribution in [0.4, 0.5) is 0 Å². The van der Waals surface area contributed by atoms with Gasteiger partial charge in [-0.05, 0) is 5.56 Å². The quantitative estimate of drug-likeness (QED) is 0.787. The van der Waals surface area contributed by atoms with Crippen LogP contribution in [-0.2, 0) is 19.1 Å². The van der Waals surface area contributed by atoms with Crippen LogP contribution in [-0.4, -0.2) is 47.5 Å². The number of carboxylic acids is 1. The second kappa shape index (κ2) is 5.62. The topological polar surface area (TPSA) is 83.9 Å². The first-order valence-electron chi connectivity index (χ1n) is 5.78. The van der Waals surface area contributed by atoms with Crippen LogP contribution >= 0.6 is 0 Å². The fourth-order valence-electron chi connectivity index (χ4n) is 1.92. The molecule has 2 amide bonds. The van der Waals surface area contributed by atoms with Gasteiger partial charge in [-0.15, -0.1) is 0 Å². The SMILES string of the molecule is O=C(O)C(CN1C(=O)COCC1=O)c1ccccc1. The average Bonchev–Trinajstić information content (AvgIpc) is 2.39. The molecule has 1 aromatic rings. The summed E-state index contributed by atoms with van der Waals surface area (Å²) >= 11 is 0. The maximum atomic E-state index is 11.6. The minimum atomic E-state index is -1.07. The summed E-state index contributed by atoms with van der Waals surface area (Å²) in [6.07, 6.45) is 0. The molecule has 0 spiro atoms. The summed E-state index contributed by atoms with van der Waals surface area (Å²) in [5, 5.41) is 9.25. The third-order valence-electron chi connectivity index (χ3n) is 2.92. The van der Waals surface area contributed by atoms with Crippen molar-refractivity contribution < 1.29 is 24.2 Å². The van der Waals surface area contributed by atoms with Crippen molar-refractivity contribution in [3.8, 4) is 0 Å². The van der Waals surface area contributed by atoms with E-state index in [-0.39, 0.29) is 19.8 Å². The first-order valence-corrected chi connectivity index (χ1v) is 5.78. The van der Waals surface area contributed by atoms with E-state index in [2.05, 4.69) is 0 Å². The molecule has 0 bridgehead atoms. The number of ether oxygens (including phenoxy) is 1. The van der Waals surface area contributed by atoms with Crippen molar-refractivity contribution in [3.05, 3.63) is 35.9 Å². The van der Waals surface area contributed by atoms with Crippen molar-refractivity contribution in [2.75, 3.05) is 19.8 Å². The smallest absolute Gasteiger partial charge is 0.312 e. The van der Waals surface area contributed by atoms with Gasteiger partial charge in [0.1, 0.15) is 13.2 Å². The monoisotopic (exact) mass is 263 g/mol. The highest BCUT2D eigenvalue weighted by Crippen LogP contribution is 2.18. The number of nitrogens with zero attached hydrogens (tertiary/aromatic N) is 1. The maximum Gasteiger partial charge on any atom is 0.312 e. The van der Waals surface area contributed by atoms with Crippen LogP contribution in [0.3, 0.4) is 0 Å².